The van der Waals surface area contributed by atoms with Crippen LogP contribution in [0.4, 0.5) is 0 Å². The molecule has 2 aromatic carbocycles. The largest absolute Gasteiger partial charge is 0.481 e. The van der Waals surface area contributed by atoms with Crippen molar-refractivity contribution >= 4 is 41.5 Å². The number of hydrogen-bond acceptors (Lipinski definition) is 7. The summed E-state index contributed by atoms with van der Waals surface area (Å²) in [5.41, 5.74) is 2.21. The Labute approximate surface area is 222 Å². The minimum Gasteiger partial charge on any atom is -0.481 e. The van der Waals surface area contributed by atoms with Crippen LogP contribution in [0.2, 0.25) is 0 Å². The molecule has 198 valence electrons. The third-order valence-electron chi connectivity index (χ3n) is 6.22. The Bertz CT molecular complexity index is 1290. The lowest BCUT2D eigenvalue weighted by molar-refractivity contribution is -0.151. The van der Waals surface area contributed by atoms with Crippen molar-refractivity contribution in [1.82, 2.24) is 10.2 Å². The molecule has 3 atom stereocenters. The second-order valence-electron chi connectivity index (χ2n) is 8.99. The maximum atomic E-state index is 13.0. The average Bonchev–Trinajstić information content (AvgIpc) is 2.87. The first-order chi connectivity index (χ1) is 18.1. The van der Waals surface area contributed by atoms with E-state index >= 15 is 0 Å². The monoisotopic (exact) mass is 538 g/mol. The molecule has 3 N–H and O–H groups in total. The van der Waals surface area contributed by atoms with Crippen molar-refractivity contribution in [1.29, 1.82) is 0 Å². The topological polar surface area (TPSA) is 150 Å². The molecule has 0 bridgehead atoms. The van der Waals surface area contributed by atoms with Crippen LogP contribution in [0.3, 0.4) is 0 Å². The number of aliphatic carboxylic acids is 2. The van der Waals surface area contributed by atoms with Crippen LogP contribution in [0.25, 0.3) is 0 Å². The summed E-state index contributed by atoms with van der Waals surface area (Å²) in [5.74, 6) is -3.59. The van der Waals surface area contributed by atoms with E-state index in [0.717, 1.165) is 10.5 Å². The quantitative estimate of drug-likeness (QED) is 0.304. The van der Waals surface area contributed by atoms with Gasteiger partial charge in [0.15, 0.2) is 0 Å². The fourth-order valence-electron chi connectivity index (χ4n) is 4.51. The molecule has 10 nitrogen and oxygen atoms in total. The molecular formula is C27H26N2O8S. The van der Waals surface area contributed by atoms with Crippen LogP contribution >= 0.6 is 11.8 Å². The Morgan fingerprint density at radius 1 is 1.00 bits per heavy atom. The number of carbonyl (C=O) groups is 5. The maximum Gasteiger partial charge on any atom is 0.352 e. The van der Waals surface area contributed by atoms with E-state index in [1.54, 1.807) is 24.3 Å². The molecule has 0 radical (unpaired) electrons. The number of hydrogen-bond donors (Lipinski definition) is 3. The minimum absolute atomic E-state index is 0.0208. The molecule has 4 rings (SSSR count). The molecule has 2 aromatic rings. The Kier molecular flexibility index (Phi) is 8.16. The van der Waals surface area contributed by atoms with Crippen molar-refractivity contribution in [2.24, 2.45) is 0 Å². The number of ether oxygens (including phenoxy) is 1. The number of esters is 1. The van der Waals surface area contributed by atoms with Crippen molar-refractivity contribution in [3.05, 3.63) is 82.6 Å². The summed E-state index contributed by atoms with van der Waals surface area (Å²) in [4.78, 5) is 61.8. The Balaban J connectivity index is 1.48. The number of β-lactam (4-membered cyclic amide) rings is 1. The van der Waals surface area contributed by atoms with E-state index in [1.807, 2.05) is 30.3 Å². The van der Waals surface area contributed by atoms with Crippen LogP contribution in [0, 0.1) is 0 Å². The smallest absolute Gasteiger partial charge is 0.352 e. The van der Waals surface area contributed by atoms with Gasteiger partial charge in [0.1, 0.15) is 23.2 Å². The molecule has 2 aliphatic heterocycles. The summed E-state index contributed by atoms with van der Waals surface area (Å²) in [5, 5.41) is 21.0. The van der Waals surface area contributed by atoms with Gasteiger partial charge >= 0.3 is 17.9 Å². The maximum absolute atomic E-state index is 13.0. The van der Waals surface area contributed by atoms with Crippen LogP contribution < -0.4 is 5.32 Å². The summed E-state index contributed by atoms with van der Waals surface area (Å²) in [6.45, 7) is 1.25. The predicted octanol–water partition coefficient (Wildman–Crippen LogP) is 1.77. The van der Waals surface area contributed by atoms with Crippen molar-refractivity contribution in [3.63, 3.8) is 0 Å². The molecule has 11 heteroatoms. The van der Waals surface area contributed by atoms with Gasteiger partial charge in [0, 0.05) is 24.7 Å². The zero-order valence-electron chi connectivity index (χ0n) is 20.5. The highest BCUT2D eigenvalue weighted by Gasteiger charge is 2.55. The van der Waals surface area contributed by atoms with Gasteiger partial charge in [0.05, 0.1) is 12.8 Å². The van der Waals surface area contributed by atoms with Crippen LogP contribution in [-0.4, -0.2) is 68.1 Å². The SMILES string of the molecule is CC(=O)OC(Cc1ccccc1)C1=C(C(=O)O)N2C(=O)[C@H](NC(=O)Cc3ccc(CC(=O)O)cc3)[C@H]2SC1. The molecule has 2 amide bonds. The van der Waals surface area contributed by atoms with Crippen LogP contribution in [0.5, 0.6) is 0 Å². The Morgan fingerprint density at radius 2 is 1.63 bits per heavy atom. The van der Waals surface area contributed by atoms with E-state index in [0.29, 0.717) is 16.7 Å². The number of carbonyl (C=O) groups excluding carboxylic acids is 3. The number of carboxylic acids is 2. The second-order valence-corrected chi connectivity index (χ2v) is 10.1. The number of nitrogens with one attached hydrogen (secondary N) is 1. The molecule has 0 spiro atoms. The van der Waals surface area contributed by atoms with Crippen molar-refractivity contribution < 1.29 is 38.9 Å². The van der Waals surface area contributed by atoms with Gasteiger partial charge in [-0.1, -0.05) is 54.6 Å². The molecule has 2 heterocycles. The zero-order valence-corrected chi connectivity index (χ0v) is 21.3. The first-order valence-corrected chi connectivity index (χ1v) is 12.9. The first kappa shape index (κ1) is 26.9. The first-order valence-electron chi connectivity index (χ1n) is 11.8. The number of amides is 2. The summed E-state index contributed by atoms with van der Waals surface area (Å²) >= 11 is 1.30. The fourth-order valence-corrected chi connectivity index (χ4v) is 5.92. The number of nitrogens with zero attached hydrogens (tertiary/aromatic N) is 1. The van der Waals surface area contributed by atoms with Gasteiger partial charge in [-0.15, -0.1) is 11.8 Å². The van der Waals surface area contributed by atoms with Crippen LogP contribution in [0.15, 0.2) is 65.9 Å². The normalized spacial score (nSPS) is 19.2. The minimum atomic E-state index is -1.31. The van der Waals surface area contributed by atoms with Gasteiger partial charge < -0.3 is 20.3 Å². The highest BCUT2D eigenvalue weighted by atomic mass is 32.2. The summed E-state index contributed by atoms with van der Waals surface area (Å²) < 4.78 is 5.49. The zero-order chi connectivity index (χ0) is 27.4. The van der Waals surface area contributed by atoms with Crippen LogP contribution in [0.1, 0.15) is 23.6 Å². The highest BCUT2D eigenvalue weighted by Crippen LogP contribution is 2.42. The summed E-state index contributed by atoms with van der Waals surface area (Å²) in [6.07, 6.45) is -0.749. The third kappa shape index (κ3) is 6.05. The molecule has 1 saturated heterocycles. The highest BCUT2D eigenvalue weighted by molar-refractivity contribution is 8.00. The number of benzene rings is 2. The van der Waals surface area contributed by atoms with Crippen molar-refractivity contribution in [2.75, 3.05) is 5.75 Å². The van der Waals surface area contributed by atoms with E-state index in [4.69, 9.17) is 9.84 Å². The van der Waals surface area contributed by atoms with E-state index in [2.05, 4.69) is 5.32 Å². The number of rotatable bonds is 10. The molecule has 0 aromatic heterocycles. The second kappa shape index (κ2) is 11.5. The molecule has 38 heavy (non-hydrogen) atoms. The number of thioether (sulfide) groups is 1. The fraction of sp³-hybridized carbons (Fsp3) is 0.296. The molecular weight excluding hydrogens is 512 g/mol. The molecule has 0 saturated carbocycles. The van der Waals surface area contributed by atoms with Gasteiger partial charge in [0.2, 0.25) is 5.91 Å². The molecule has 1 unspecified atom stereocenters. The average molecular weight is 539 g/mol. The summed E-state index contributed by atoms with van der Waals surface area (Å²) in [6, 6.07) is 14.9. The standard InChI is InChI=1S/C27H26N2O8S/c1-15(30)37-20(11-16-5-3-2-4-6-16)19-14-38-26-23(25(34)29(26)24(19)27(35)36)28-21(31)12-17-7-9-18(10-8-17)13-22(32)33/h2-10,20,23,26H,11-14H2,1H3,(H,28,31)(H,32,33)(H,35,36)/t20?,23-,26+/m0/s1. The summed E-state index contributed by atoms with van der Waals surface area (Å²) in [7, 11) is 0. The van der Waals surface area contributed by atoms with Gasteiger partial charge in [0.25, 0.3) is 5.91 Å². The Morgan fingerprint density at radius 3 is 2.21 bits per heavy atom. The molecule has 1 fully saturated rings. The van der Waals surface area contributed by atoms with Gasteiger partial charge in [-0.3, -0.25) is 24.1 Å². The van der Waals surface area contributed by atoms with Gasteiger partial charge in [-0.2, -0.15) is 0 Å². The molecule has 0 aliphatic carbocycles. The van der Waals surface area contributed by atoms with Crippen LogP contribution in [-0.2, 0) is 48.0 Å². The lowest BCUT2D eigenvalue weighted by Crippen LogP contribution is -2.71. The number of fused-ring (bicyclic) bond motifs is 1. The van der Waals surface area contributed by atoms with E-state index in [1.165, 1.54) is 18.7 Å². The lowest BCUT2D eigenvalue weighted by atomic mass is 9.96. The van der Waals surface area contributed by atoms with E-state index in [-0.39, 0.29) is 30.7 Å². The van der Waals surface area contributed by atoms with Crippen molar-refractivity contribution in [3.8, 4) is 0 Å². The van der Waals surface area contributed by atoms with E-state index < -0.39 is 47.2 Å². The lowest BCUT2D eigenvalue weighted by Gasteiger charge is -2.50. The predicted molar refractivity (Wildman–Crippen MR) is 137 cm³/mol. The van der Waals surface area contributed by atoms with E-state index in [9.17, 15) is 29.1 Å². The number of carboxylic acid groups (broad SMARTS) is 2. The van der Waals surface area contributed by atoms with Gasteiger partial charge in [-0.05, 0) is 16.7 Å². The van der Waals surface area contributed by atoms with Gasteiger partial charge in [-0.25, -0.2) is 4.79 Å². The Hall–Kier alpha value is -4.12. The molecule has 2 aliphatic rings. The third-order valence-corrected chi connectivity index (χ3v) is 7.52. The van der Waals surface area contributed by atoms with Crippen molar-refractivity contribution in [2.45, 2.75) is 43.7 Å².